The quantitative estimate of drug-likeness (QED) is 0.765. The number of carboxylic acid groups (broad SMARTS) is 1. The second kappa shape index (κ2) is 7.11. The maximum Gasteiger partial charge on any atom is 0.329 e. The lowest BCUT2D eigenvalue weighted by Crippen LogP contribution is -2.49. The van der Waals surface area contributed by atoms with E-state index >= 15 is 0 Å². The fourth-order valence-electron chi connectivity index (χ4n) is 2.06. The van der Waals surface area contributed by atoms with Gasteiger partial charge in [-0.05, 0) is 30.8 Å². The molecule has 0 aliphatic heterocycles. The summed E-state index contributed by atoms with van der Waals surface area (Å²) in [5.74, 6) is -0.474. The number of carboxylic acids is 1. The minimum atomic E-state index is -1.10. The number of carbonyl (C=O) groups is 1. The van der Waals surface area contributed by atoms with Gasteiger partial charge in [0.1, 0.15) is 0 Å². The Morgan fingerprint density at radius 2 is 1.95 bits per heavy atom. The van der Waals surface area contributed by atoms with E-state index in [0.29, 0.717) is 5.75 Å². The van der Waals surface area contributed by atoms with Crippen LogP contribution in [0.5, 0.6) is 0 Å². The van der Waals surface area contributed by atoms with Gasteiger partial charge in [-0.3, -0.25) is 0 Å². The average Bonchev–Trinajstić information content (AvgIpc) is 2.49. The molecule has 3 nitrogen and oxygen atoms in total. The van der Waals surface area contributed by atoms with Crippen molar-refractivity contribution in [2.24, 2.45) is 0 Å². The zero-order chi connectivity index (χ0) is 15.3. The van der Waals surface area contributed by atoms with Crippen LogP contribution in [-0.4, -0.2) is 23.9 Å². The number of thioether (sulfide) groups is 1. The Morgan fingerprint density at radius 1 is 1.24 bits per heavy atom. The molecule has 2 aromatic carbocycles. The van der Waals surface area contributed by atoms with Crippen LogP contribution in [0, 0.1) is 0 Å². The topological polar surface area (TPSA) is 49.3 Å². The Bertz CT molecular complexity index is 621. The molecule has 0 bridgehead atoms. The highest BCUT2D eigenvalue weighted by molar-refractivity contribution is 9.10. The molecular weight excluding hydrogens is 350 g/mol. The van der Waals surface area contributed by atoms with Crippen LogP contribution in [0.3, 0.4) is 0 Å². The van der Waals surface area contributed by atoms with E-state index in [-0.39, 0.29) is 0 Å². The highest BCUT2D eigenvalue weighted by atomic mass is 79.9. The second-order valence-electron chi connectivity index (χ2n) is 4.57. The minimum absolute atomic E-state index is 0.402. The summed E-state index contributed by atoms with van der Waals surface area (Å²) in [7, 11) is 1.68. The lowest BCUT2D eigenvalue weighted by molar-refractivity contribution is -0.144. The molecule has 110 valence electrons. The van der Waals surface area contributed by atoms with Crippen LogP contribution in [-0.2, 0) is 10.3 Å². The molecule has 1 atom stereocenters. The molecule has 0 aliphatic rings. The highest BCUT2D eigenvalue weighted by Crippen LogP contribution is 2.31. The zero-order valence-electron chi connectivity index (χ0n) is 11.5. The SMILES string of the molecule is CNC(CSc1cccc(Br)c1)(C(=O)O)c1ccccc1. The molecule has 2 rings (SSSR count). The van der Waals surface area contributed by atoms with Crippen LogP contribution in [0.15, 0.2) is 64.0 Å². The fraction of sp³-hybridized carbons (Fsp3) is 0.188. The molecular formula is C16H16BrNO2S. The zero-order valence-corrected chi connectivity index (χ0v) is 13.9. The van der Waals surface area contributed by atoms with E-state index in [1.165, 1.54) is 11.8 Å². The summed E-state index contributed by atoms with van der Waals surface area (Å²) in [5.41, 5.74) is -0.351. The van der Waals surface area contributed by atoms with Gasteiger partial charge in [0.25, 0.3) is 0 Å². The molecule has 0 saturated carbocycles. The average molecular weight is 366 g/mol. The van der Waals surface area contributed by atoms with Crippen molar-refractivity contribution in [2.75, 3.05) is 12.8 Å². The first-order valence-electron chi connectivity index (χ1n) is 6.45. The lowest BCUT2D eigenvalue weighted by atomic mass is 9.92. The van der Waals surface area contributed by atoms with Gasteiger partial charge in [-0.15, -0.1) is 11.8 Å². The second-order valence-corrected chi connectivity index (χ2v) is 6.54. The van der Waals surface area contributed by atoms with Crippen LogP contribution in [0.4, 0.5) is 0 Å². The monoisotopic (exact) mass is 365 g/mol. The maximum absolute atomic E-state index is 11.9. The first-order valence-corrected chi connectivity index (χ1v) is 8.22. The summed E-state index contributed by atoms with van der Waals surface area (Å²) >= 11 is 4.94. The molecule has 1 unspecified atom stereocenters. The van der Waals surface area contributed by atoms with Gasteiger partial charge < -0.3 is 10.4 Å². The summed E-state index contributed by atoms with van der Waals surface area (Å²) < 4.78 is 0.984. The molecule has 0 aliphatic carbocycles. The van der Waals surface area contributed by atoms with E-state index in [2.05, 4.69) is 21.2 Å². The third-order valence-electron chi connectivity index (χ3n) is 3.31. The highest BCUT2D eigenvalue weighted by Gasteiger charge is 2.38. The molecule has 0 aromatic heterocycles. The van der Waals surface area contributed by atoms with Crippen LogP contribution in [0.2, 0.25) is 0 Å². The first-order chi connectivity index (χ1) is 10.1. The third kappa shape index (κ3) is 3.67. The summed E-state index contributed by atoms with van der Waals surface area (Å²) in [6.45, 7) is 0. The smallest absolute Gasteiger partial charge is 0.329 e. The number of nitrogens with one attached hydrogen (secondary N) is 1. The van der Waals surface area contributed by atoms with Gasteiger partial charge in [-0.25, -0.2) is 4.79 Å². The van der Waals surface area contributed by atoms with Crippen molar-refractivity contribution >= 4 is 33.7 Å². The Labute approximate surface area is 136 Å². The number of likely N-dealkylation sites (N-methyl/N-ethyl adjacent to an activating group) is 1. The standard InChI is InChI=1S/C16H16BrNO2S/c1-18-16(15(19)20,12-6-3-2-4-7-12)11-21-14-9-5-8-13(17)10-14/h2-10,18H,11H2,1H3,(H,19,20). The summed E-state index contributed by atoms with van der Waals surface area (Å²) in [4.78, 5) is 12.9. The lowest BCUT2D eigenvalue weighted by Gasteiger charge is -2.29. The molecule has 21 heavy (non-hydrogen) atoms. The van der Waals surface area contributed by atoms with Crippen molar-refractivity contribution in [1.82, 2.24) is 5.32 Å². The number of benzene rings is 2. The van der Waals surface area contributed by atoms with E-state index in [1.807, 2.05) is 54.6 Å². The van der Waals surface area contributed by atoms with Crippen molar-refractivity contribution < 1.29 is 9.90 Å². The number of hydrogen-bond acceptors (Lipinski definition) is 3. The van der Waals surface area contributed by atoms with Crippen LogP contribution in [0.1, 0.15) is 5.56 Å². The summed E-state index contributed by atoms with van der Waals surface area (Å²) in [6.07, 6.45) is 0. The van der Waals surface area contributed by atoms with Crippen molar-refractivity contribution in [1.29, 1.82) is 0 Å². The Kier molecular flexibility index (Phi) is 5.45. The summed E-state index contributed by atoms with van der Waals surface area (Å²) in [5, 5.41) is 12.7. The van der Waals surface area contributed by atoms with Crippen molar-refractivity contribution in [2.45, 2.75) is 10.4 Å². The van der Waals surface area contributed by atoms with Gasteiger partial charge in [0, 0.05) is 15.1 Å². The van der Waals surface area contributed by atoms with E-state index < -0.39 is 11.5 Å². The molecule has 5 heteroatoms. The molecule has 0 spiro atoms. The van der Waals surface area contributed by atoms with Crippen molar-refractivity contribution in [3.63, 3.8) is 0 Å². The largest absolute Gasteiger partial charge is 0.480 e. The molecule has 0 heterocycles. The van der Waals surface area contributed by atoms with Gasteiger partial charge in [0.05, 0.1) is 0 Å². The molecule has 0 fully saturated rings. The summed E-state index contributed by atoms with van der Waals surface area (Å²) in [6, 6.07) is 17.1. The van der Waals surface area contributed by atoms with E-state index in [9.17, 15) is 9.90 Å². The van der Waals surface area contributed by atoms with E-state index in [1.54, 1.807) is 7.05 Å². The van der Waals surface area contributed by atoms with Crippen LogP contribution in [0.25, 0.3) is 0 Å². The van der Waals surface area contributed by atoms with E-state index in [4.69, 9.17) is 0 Å². The number of aliphatic carboxylic acids is 1. The molecule has 2 N–H and O–H groups in total. The van der Waals surface area contributed by atoms with Crippen LogP contribution >= 0.6 is 27.7 Å². The Morgan fingerprint density at radius 3 is 2.52 bits per heavy atom. The predicted molar refractivity (Wildman–Crippen MR) is 89.7 cm³/mol. The fourth-order valence-corrected chi connectivity index (χ4v) is 3.82. The van der Waals surface area contributed by atoms with Gasteiger partial charge in [-0.2, -0.15) is 0 Å². The number of halogens is 1. The Hall–Kier alpha value is -1.30. The van der Waals surface area contributed by atoms with Gasteiger partial charge in [0.2, 0.25) is 0 Å². The normalized spacial score (nSPS) is 13.6. The molecule has 0 amide bonds. The third-order valence-corrected chi connectivity index (χ3v) is 4.97. The van der Waals surface area contributed by atoms with Gasteiger partial charge in [0.15, 0.2) is 5.54 Å². The van der Waals surface area contributed by atoms with Crippen molar-refractivity contribution in [3.8, 4) is 0 Å². The minimum Gasteiger partial charge on any atom is -0.480 e. The maximum atomic E-state index is 11.9. The number of rotatable bonds is 6. The van der Waals surface area contributed by atoms with Crippen molar-refractivity contribution in [3.05, 3.63) is 64.6 Å². The van der Waals surface area contributed by atoms with Gasteiger partial charge >= 0.3 is 5.97 Å². The van der Waals surface area contributed by atoms with Crippen LogP contribution < -0.4 is 5.32 Å². The molecule has 2 aromatic rings. The number of hydrogen-bond donors (Lipinski definition) is 2. The predicted octanol–water partition coefficient (Wildman–Crippen LogP) is 3.74. The van der Waals surface area contributed by atoms with E-state index in [0.717, 1.165) is 14.9 Å². The molecule has 0 radical (unpaired) electrons. The first kappa shape index (κ1) is 16.1. The van der Waals surface area contributed by atoms with Gasteiger partial charge in [-0.1, -0.05) is 52.3 Å². The molecule has 0 saturated heterocycles. The Balaban J connectivity index is 2.27.